The number of thiophene rings is 1. The van der Waals surface area contributed by atoms with E-state index >= 15 is 0 Å². The Morgan fingerprint density at radius 2 is 1.76 bits per heavy atom. The Kier molecular flexibility index (Phi) is 5.31. The van der Waals surface area contributed by atoms with Crippen LogP contribution in [0.4, 0.5) is 0 Å². The van der Waals surface area contributed by atoms with E-state index in [4.69, 9.17) is 10.00 Å². The average Bonchev–Trinajstić information content (AvgIpc) is 3.21. The lowest BCUT2D eigenvalue weighted by Gasteiger charge is -2.34. The molecular weight excluding hydrogens is 338 g/mol. The number of nitriles is 1. The Morgan fingerprint density at radius 1 is 1.08 bits per heavy atom. The number of carbonyl (C=O) groups excluding carboxylic acids is 2. The molecule has 3 rings (SSSR count). The molecule has 1 saturated heterocycles. The fourth-order valence-electron chi connectivity index (χ4n) is 2.58. The lowest BCUT2D eigenvalue weighted by atomic mass is 10.2. The minimum absolute atomic E-state index is 0.0240. The van der Waals surface area contributed by atoms with Gasteiger partial charge in [-0.15, -0.1) is 11.3 Å². The fraction of sp³-hybridized carbons (Fsp3) is 0.278. The van der Waals surface area contributed by atoms with Crippen molar-refractivity contribution in [2.24, 2.45) is 0 Å². The van der Waals surface area contributed by atoms with Crippen LogP contribution < -0.4 is 4.74 Å². The van der Waals surface area contributed by atoms with Crippen LogP contribution in [-0.4, -0.2) is 54.4 Å². The van der Waals surface area contributed by atoms with Gasteiger partial charge in [-0.2, -0.15) is 5.26 Å². The first-order valence-corrected chi connectivity index (χ1v) is 8.79. The van der Waals surface area contributed by atoms with Crippen LogP contribution in [0.15, 0.2) is 41.8 Å². The molecule has 0 spiro atoms. The molecule has 2 amide bonds. The molecule has 1 fully saturated rings. The molecule has 0 aliphatic carbocycles. The second-order valence-corrected chi connectivity index (χ2v) is 6.52. The third-order valence-corrected chi connectivity index (χ3v) is 4.86. The number of carbonyl (C=O) groups is 2. The van der Waals surface area contributed by atoms with E-state index in [1.807, 2.05) is 23.6 Å². The number of amides is 2. The molecule has 128 valence electrons. The molecule has 2 aromatic rings. The van der Waals surface area contributed by atoms with E-state index < -0.39 is 0 Å². The molecule has 0 N–H and O–H groups in total. The molecule has 6 nitrogen and oxygen atoms in total. The van der Waals surface area contributed by atoms with Crippen molar-refractivity contribution in [1.82, 2.24) is 9.80 Å². The summed E-state index contributed by atoms with van der Waals surface area (Å²) in [5, 5.41) is 10.6. The van der Waals surface area contributed by atoms with Crippen LogP contribution >= 0.6 is 11.3 Å². The molecular formula is C18H17N3O3S. The zero-order valence-electron chi connectivity index (χ0n) is 13.6. The minimum atomic E-state index is -0.104. The number of hydrogen-bond acceptors (Lipinski definition) is 5. The van der Waals surface area contributed by atoms with Gasteiger partial charge in [-0.05, 0) is 35.7 Å². The maximum Gasteiger partial charge on any atom is 0.264 e. The Morgan fingerprint density at radius 3 is 2.36 bits per heavy atom. The van der Waals surface area contributed by atoms with Gasteiger partial charge < -0.3 is 14.5 Å². The molecule has 1 aliphatic heterocycles. The van der Waals surface area contributed by atoms with Gasteiger partial charge in [0.2, 0.25) is 0 Å². The maximum absolute atomic E-state index is 12.3. The van der Waals surface area contributed by atoms with Crippen molar-refractivity contribution < 1.29 is 14.3 Å². The van der Waals surface area contributed by atoms with Crippen LogP contribution in [0.1, 0.15) is 15.2 Å². The third-order valence-electron chi connectivity index (χ3n) is 4.00. The van der Waals surface area contributed by atoms with Gasteiger partial charge in [-0.25, -0.2) is 0 Å². The zero-order valence-corrected chi connectivity index (χ0v) is 14.4. The topological polar surface area (TPSA) is 73.6 Å². The number of benzene rings is 1. The van der Waals surface area contributed by atoms with Gasteiger partial charge in [0.15, 0.2) is 6.61 Å². The van der Waals surface area contributed by atoms with Gasteiger partial charge in [0.25, 0.3) is 11.8 Å². The minimum Gasteiger partial charge on any atom is -0.484 e. The van der Waals surface area contributed by atoms with Crippen molar-refractivity contribution in [2.45, 2.75) is 0 Å². The SMILES string of the molecule is N#Cc1ccc(OCC(=O)N2CCN(C(=O)c3cccs3)CC2)cc1. The molecule has 0 unspecified atom stereocenters. The smallest absolute Gasteiger partial charge is 0.264 e. The second-order valence-electron chi connectivity index (χ2n) is 5.58. The number of piperazine rings is 1. The molecule has 0 bridgehead atoms. The van der Waals surface area contributed by atoms with Gasteiger partial charge in [0, 0.05) is 26.2 Å². The van der Waals surface area contributed by atoms with Crippen molar-refractivity contribution in [3.05, 3.63) is 52.2 Å². The zero-order chi connectivity index (χ0) is 17.6. The maximum atomic E-state index is 12.3. The van der Waals surface area contributed by atoms with Gasteiger partial charge in [-0.3, -0.25) is 9.59 Å². The Balaban J connectivity index is 1.46. The first-order valence-electron chi connectivity index (χ1n) is 7.91. The summed E-state index contributed by atoms with van der Waals surface area (Å²) < 4.78 is 5.47. The van der Waals surface area contributed by atoms with Crippen LogP contribution in [-0.2, 0) is 4.79 Å². The first kappa shape index (κ1) is 17.0. The summed E-state index contributed by atoms with van der Waals surface area (Å²) in [6.45, 7) is 2.02. The summed E-state index contributed by atoms with van der Waals surface area (Å²) >= 11 is 1.43. The summed E-state index contributed by atoms with van der Waals surface area (Å²) in [5.41, 5.74) is 0.546. The quantitative estimate of drug-likeness (QED) is 0.841. The predicted molar refractivity (Wildman–Crippen MR) is 93.5 cm³/mol. The summed E-state index contributed by atoms with van der Waals surface area (Å²) in [5.74, 6) is 0.474. The second kappa shape index (κ2) is 7.81. The van der Waals surface area contributed by atoms with Crippen molar-refractivity contribution in [1.29, 1.82) is 5.26 Å². The van der Waals surface area contributed by atoms with E-state index in [0.29, 0.717) is 37.5 Å². The highest BCUT2D eigenvalue weighted by Crippen LogP contribution is 2.15. The first-order chi connectivity index (χ1) is 12.2. The van der Waals surface area contributed by atoms with Gasteiger partial charge in [0.05, 0.1) is 16.5 Å². The fourth-order valence-corrected chi connectivity index (χ4v) is 3.27. The molecule has 1 aromatic carbocycles. The predicted octanol–water partition coefficient (Wildman–Crippen LogP) is 1.98. The molecule has 0 saturated carbocycles. The van der Waals surface area contributed by atoms with E-state index in [-0.39, 0.29) is 18.4 Å². The van der Waals surface area contributed by atoms with Crippen LogP contribution in [0.2, 0.25) is 0 Å². The molecule has 1 aliphatic rings. The van der Waals surface area contributed by atoms with Crippen LogP contribution in [0.5, 0.6) is 5.75 Å². The van der Waals surface area contributed by atoms with Crippen molar-refractivity contribution in [3.63, 3.8) is 0 Å². The van der Waals surface area contributed by atoms with E-state index in [1.54, 1.807) is 34.1 Å². The summed E-state index contributed by atoms with van der Waals surface area (Å²) in [6, 6.07) is 12.3. The average molecular weight is 355 g/mol. The summed E-state index contributed by atoms with van der Waals surface area (Å²) in [6.07, 6.45) is 0. The van der Waals surface area contributed by atoms with Crippen LogP contribution in [0.3, 0.4) is 0 Å². The number of ether oxygens (including phenoxy) is 1. The summed E-state index contributed by atoms with van der Waals surface area (Å²) in [7, 11) is 0. The third kappa shape index (κ3) is 4.17. The molecule has 0 atom stereocenters. The highest BCUT2D eigenvalue weighted by atomic mass is 32.1. The van der Waals surface area contributed by atoms with E-state index in [1.165, 1.54) is 11.3 Å². The van der Waals surface area contributed by atoms with E-state index in [2.05, 4.69) is 0 Å². The number of nitrogens with zero attached hydrogens (tertiary/aromatic N) is 3. The van der Waals surface area contributed by atoms with Crippen LogP contribution in [0.25, 0.3) is 0 Å². The van der Waals surface area contributed by atoms with Crippen molar-refractivity contribution in [3.8, 4) is 11.8 Å². The Hall–Kier alpha value is -2.85. The Bertz CT molecular complexity index is 773. The van der Waals surface area contributed by atoms with Gasteiger partial charge in [-0.1, -0.05) is 6.07 Å². The van der Waals surface area contributed by atoms with Gasteiger partial charge in [0.1, 0.15) is 5.75 Å². The normalized spacial score (nSPS) is 14.0. The van der Waals surface area contributed by atoms with Gasteiger partial charge >= 0.3 is 0 Å². The molecule has 7 heteroatoms. The van der Waals surface area contributed by atoms with Crippen molar-refractivity contribution >= 4 is 23.2 Å². The highest BCUT2D eigenvalue weighted by molar-refractivity contribution is 7.12. The summed E-state index contributed by atoms with van der Waals surface area (Å²) in [4.78, 5) is 28.7. The largest absolute Gasteiger partial charge is 0.484 e. The molecule has 25 heavy (non-hydrogen) atoms. The highest BCUT2D eigenvalue weighted by Gasteiger charge is 2.25. The van der Waals surface area contributed by atoms with E-state index in [9.17, 15) is 9.59 Å². The molecule has 0 radical (unpaired) electrons. The lowest BCUT2D eigenvalue weighted by Crippen LogP contribution is -2.51. The molecule has 2 heterocycles. The van der Waals surface area contributed by atoms with E-state index in [0.717, 1.165) is 4.88 Å². The van der Waals surface area contributed by atoms with Crippen LogP contribution in [0, 0.1) is 11.3 Å². The molecule has 1 aromatic heterocycles. The number of hydrogen-bond donors (Lipinski definition) is 0. The standard InChI is InChI=1S/C18H17N3O3S/c19-12-14-3-5-15(6-4-14)24-13-17(22)20-7-9-21(10-8-20)18(23)16-2-1-11-25-16/h1-6,11H,7-10,13H2. The number of rotatable bonds is 4. The lowest BCUT2D eigenvalue weighted by molar-refractivity contribution is -0.134. The van der Waals surface area contributed by atoms with Crippen molar-refractivity contribution in [2.75, 3.05) is 32.8 Å². The Labute approximate surface area is 149 Å². The monoisotopic (exact) mass is 355 g/mol.